The van der Waals surface area contributed by atoms with Crippen LogP contribution in [-0.4, -0.2) is 18.3 Å². The molecular formula is C17H26ClNS. The van der Waals surface area contributed by atoms with Gasteiger partial charge in [-0.1, -0.05) is 43.5 Å². The van der Waals surface area contributed by atoms with Gasteiger partial charge in [0.1, 0.15) is 0 Å². The van der Waals surface area contributed by atoms with Gasteiger partial charge in [0.25, 0.3) is 0 Å². The first-order valence-corrected chi connectivity index (χ1v) is 9.38. The Hall–Kier alpha value is -0.180. The molecule has 1 aromatic rings. The second-order valence-electron chi connectivity index (χ2n) is 5.75. The molecule has 0 radical (unpaired) electrons. The summed E-state index contributed by atoms with van der Waals surface area (Å²) in [5, 5.41) is 4.59. The molecule has 0 aliphatic heterocycles. The molecule has 0 spiro atoms. The van der Waals surface area contributed by atoms with Crippen LogP contribution in [0.4, 0.5) is 0 Å². The molecule has 112 valence electrons. The Morgan fingerprint density at radius 1 is 1.25 bits per heavy atom. The average molecular weight is 312 g/mol. The molecule has 1 unspecified atom stereocenters. The Balaban J connectivity index is 1.77. The summed E-state index contributed by atoms with van der Waals surface area (Å²) in [6, 6.07) is 8.95. The van der Waals surface area contributed by atoms with E-state index in [1.807, 2.05) is 12.1 Å². The van der Waals surface area contributed by atoms with Crippen molar-refractivity contribution < 1.29 is 0 Å². The molecule has 0 bridgehead atoms. The Morgan fingerprint density at radius 2 is 1.95 bits per heavy atom. The van der Waals surface area contributed by atoms with Gasteiger partial charge < -0.3 is 5.32 Å². The van der Waals surface area contributed by atoms with E-state index in [4.69, 9.17) is 11.6 Å². The summed E-state index contributed by atoms with van der Waals surface area (Å²) in [4.78, 5) is 0. The zero-order chi connectivity index (χ0) is 14.2. The minimum Gasteiger partial charge on any atom is -0.313 e. The molecule has 20 heavy (non-hydrogen) atoms. The maximum atomic E-state index is 5.92. The lowest BCUT2D eigenvalue weighted by Gasteiger charge is -2.24. The molecule has 0 aromatic heterocycles. The monoisotopic (exact) mass is 311 g/mol. The molecular weight excluding hydrogens is 286 g/mol. The minimum atomic E-state index is 0.703. The summed E-state index contributed by atoms with van der Waals surface area (Å²) in [6.45, 7) is 3.40. The topological polar surface area (TPSA) is 12.0 Å². The van der Waals surface area contributed by atoms with Crippen molar-refractivity contribution >= 4 is 23.4 Å². The number of hydrogen-bond acceptors (Lipinski definition) is 2. The highest BCUT2D eigenvalue weighted by Gasteiger charge is 2.24. The third-order valence-corrected chi connectivity index (χ3v) is 5.49. The van der Waals surface area contributed by atoms with Gasteiger partial charge in [0.2, 0.25) is 0 Å². The van der Waals surface area contributed by atoms with Gasteiger partial charge >= 0.3 is 0 Å². The zero-order valence-corrected chi connectivity index (χ0v) is 14.0. The first-order valence-electron chi connectivity index (χ1n) is 7.85. The van der Waals surface area contributed by atoms with Crippen LogP contribution in [0.2, 0.25) is 5.02 Å². The summed E-state index contributed by atoms with van der Waals surface area (Å²) < 4.78 is 0. The standard InChI is InChI=1S/C17H26ClNS/c1-2-11-19-17(15-5-3-4-6-15)13-20-12-14-7-9-16(18)10-8-14/h7-10,15,17,19H,2-6,11-13H2,1H3. The van der Waals surface area contributed by atoms with Crippen molar-refractivity contribution in [1.29, 1.82) is 0 Å². The van der Waals surface area contributed by atoms with Crippen LogP contribution in [0.1, 0.15) is 44.6 Å². The van der Waals surface area contributed by atoms with E-state index in [1.54, 1.807) is 0 Å². The fraction of sp³-hybridized carbons (Fsp3) is 0.647. The Labute approximate surface area is 132 Å². The van der Waals surface area contributed by atoms with Gasteiger partial charge in [-0.2, -0.15) is 11.8 Å². The van der Waals surface area contributed by atoms with Gasteiger partial charge in [-0.05, 0) is 49.4 Å². The number of thioether (sulfide) groups is 1. The van der Waals surface area contributed by atoms with Crippen molar-refractivity contribution in [2.75, 3.05) is 12.3 Å². The van der Waals surface area contributed by atoms with Crippen LogP contribution in [0.25, 0.3) is 0 Å². The molecule has 1 saturated carbocycles. The number of halogens is 1. The number of benzene rings is 1. The van der Waals surface area contributed by atoms with E-state index in [-0.39, 0.29) is 0 Å². The van der Waals surface area contributed by atoms with Gasteiger partial charge in [0.05, 0.1) is 0 Å². The molecule has 0 saturated heterocycles. The lowest BCUT2D eigenvalue weighted by molar-refractivity contribution is 0.388. The molecule has 1 atom stereocenters. The van der Waals surface area contributed by atoms with E-state index in [9.17, 15) is 0 Å². The van der Waals surface area contributed by atoms with Crippen molar-refractivity contribution in [3.8, 4) is 0 Å². The highest BCUT2D eigenvalue weighted by Crippen LogP contribution is 2.30. The summed E-state index contributed by atoms with van der Waals surface area (Å²) >= 11 is 7.97. The number of hydrogen-bond donors (Lipinski definition) is 1. The molecule has 0 amide bonds. The van der Waals surface area contributed by atoms with E-state index < -0.39 is 0 Å². The molecule has 1 fully saturated rings. The predicted octanol–water partition coefficient (Wildman–Crippen LogP) is 5.13. The largest absolute Gasteiger partial charge is 0.313 e. The second kappa shape index (κ2) is 8.96. The van der Waals surface area contributed by atoms with E-state index in [2.05, 4.69) is 36.1 Å². The molecule has 1 aromatic carbocycles. The van der Waals surface area contributed by atoms with Crippen molar-refractivity contribution in [1.82, 2.24) is 5.32 Å². The fourth-order valence-electron chi connectivity index (χ4n) is 2.94. The smallest absolute Gasteiger partial charge is 0.0406 e. The van der Waals surface area contributed by atoms with Crippen molar-refractivity contribution in [2.45, 2.75) is 50.8 Å². The summed E-state index contributed by atoms with van der Waals surface area (Å²) in [6.07, 6.45) is 6.92. The second-order valence-corrected chi connectivity index (χ2v) is 7.21. The highest BCUT2D eigenvalue weighted by atomic mass is 35.5. The molecule has 1 aliphatic rings. The Morgan fingerprint density at radius 3 is 2.60 bits per heavy atom. The fourth-order valence-corrected chi connectivity index (χ4v) is 4.25. The highest BCUT2D eigenvalue weighted by molar-refractivity contribution is 7.98. The van der Waals surface area contributed by atoms with E-state index in [0.717, 1.165) is 23.2 Å². The molecule has 1 N–H and O–H groups in total. The quantitative estimate of drug-likeness (QED) is 0.714. The van der Waals surface area contributed by atoms with E-state index >= 15 is 0 Å². The molecule has 1 nitrogen and oxygen atoms in total. The molecule has 1 aliphatic carbocycles. The van der Waals surface area contributed by atoms with Gasteiger partial charge in [0.15, 0.2) is 0 Å². The van der Waals surface area contributed by atoms with Gasteiger partial charge in [0, 0.05) is 22.6 Å². The van der Waals surface area contributed by atoms with Crippen LogP contribution < -0.4 is 5.32 Å². The van der Waals surface area contributed by atoms with Crippen LogP contribution in [-0.2, 0) is 5.75 Å². The summed E-state index contributed by atoms with van der Waals surface area (Å²) in [5.74, 6) is 3.22. The van der Waals surface area contributed by atoms with Crippen molar-refractivity contribution in [2.24, 2.45) is 5.92 Å². The summed E-state index contributed by atoms with van der Waals surface area (Å²) in [5.41, 5.74) is 1.38. The van der Waals surface area contributed by atoms with E-state index in [0.29, 0.717) is 6.04 Å². The van der Waals surface area contributed by atoms with Crippen LogP contribution in [0.5, 0.6) is 0 Å². The SMILES string of the molecule is CCCNC(CSCc1ccc(Cl)cc1)C1CCCC1. The third-order valence-electron chi connectivity index (χ3n) is 4.10. The van der Waals surface area contributed by atoms with Gasteiger partial charge in [-0.15, -0.1) is 0 Å². The molecule has 2 rings (SSSR count). The van der Waals surface area contributed by atoms with Gasteiger partial charge in [-0.25, -0.2) is 0 Å². The number of rotatable bonds is 8. The van der Waals surface area contributed by atoms with Crippen molar-refractivity contribution in [3.63, 3.8) is 0 Å². The minimum absolute atomic E-state index is 0.703. The van der Waals surface area contributed by atoms with Crippen LogP contribution in [0, 0.1) is 5.92 Å². The molecule has 3 heteroatoms. The number of nitrogens with one attached hydrogen (secondary N) is 1. The average Bonchev–Trinajstić information content (AvgIpc) is 2.98. The Kier molecular flexibility index (Phi) is 7.26. The van der Waals surface area contributed by atoms with Gasteiger partial charge in [-0.3, -0.25) is 0 Å². The maximum Gasteiger partial charge on any atom is 0.0406 e. The maximum absolute atomic E-state index is 5.92. The van der Waals surface area contributed by atoms with Crippen LogP contribution in [0.3, 0.4) is 0 Å². The first kappa shape index (κ1) is 16.2. The van der Waals surface area contributed by atoms with E-state index in [1.165, 1.54) is 43.4 Å². The predicted molar refractivity (Wildman–Crippen MR) is 91.7 cm³/mol. The lowest BCUT2D eigenvalue weighted by Crippen LogP contribution is -2.37. The first-order chi connectivity index (χ1) is 9.79. The lowest BCUT2D eigenvalue weighted by atomic mass is 10.00. The summed E-state index contributed by atoms with van der Waals surface area (Å²) in [7, 11) is 0. The zero-order valence-electron chi connectivity index (χ0n) is 12.4. The molecule has 0 heterocycles. The van der Waals surface area contributed by atoms with Crippen molar-refractivity contribution in [3.05, 3.63) is 34.9 Å². The van der Waals surface area contributed by atoms with Crippen LogP contribution >= 0.6 is 23.4 Å². The van der Waals surface area contributed by atoms with Crippen LogP contribution in [0.15, 0.2) is 24.3 Å². The Bertz CT molecular complexity index is 373. The normalized spacial score (nSPS) is 17.5. The third kappa shape index (κ3) is 5.31.